The summed E-state index contributed by atoms with van der Waals surface area (Å²) < 4.78 is 11.2. The van der Waals surface area contributed by atoms with E-state index in [-0.39, 0.29) is 49.5 Å². The molecule has 1 aliphatic heterocycles. The number of aliphatic hydroxyl groups is 3. The molecule has 0 radical (unpaired) electrons. The second-order valence-electron chi connectivity index (χ2n) is 16.4. The third kappa shape index (κ3) is 15.0. The minimum absolute atomic E-state index is 0.0150. The monoisotopic (exact) mass is 750 g/mol. The molecule has 1 amide bonds. The van der Waals surface area contributed by atoms with Gasteiger partial charge in [0.1, 0.15) is 11.8 Å². The van der Waals surface area contributed by atoms with Gasteiger partial charge in [-0.1, -0.05) is 70.3 Å². The van der Waals surface area contributed by atoms with E-state index >= 15 is 0 Å². The van der Waals surface area contributed by atoms with E-state index in [4.69, 9.17) is 9.47 Å². The largest absolute Gasteiger partial charge is 0.480 e. The Hall–Kier alpha value is -2.44. The van der Waals surface area contributed by atoms with Crippen molar-refractivity contribution in [3.05, 3.63) is 23.3 Å². The molecule has 11 heteroatoms. The number of carboxylic acids is 1. The third-order valence-corrected chi connectivity index (χ3v) is 11.7. The van der Waals surface area contributed by atoms with E-state index in [1.165, 1.54) is 32.4 Å². The summed E-state index contributed by atoms with van der Waals surface area (Å²) in [5, 5.41) is 41.9. The maximum absolute atomic E-state index is 13.3. The van der Waals surface area contributed by atoms with E-state index in [2.05, 4.69) is 26.0 Å². The number of hydrogen-bond donors (Lipinski definition) is 4. The van der Waals surface area contributed by atoms with Crippen LogP contribution < -0.4 is 0 Å². The quantitative estimate of drug-likeness (QED) is 0.0520. The van der Waals surface area contributed by atoms with Crippen LogP contribution in [-0.2, 0) is 28.7 Å². The summed E-state index contributed by atoms with van der Waals surface area (Å²) in [4.78, 5) is 51.6. The standard InChI is InChI=1S/C42H71NO10/c1-9-33(38(45)26-37(44)30(5)21-29(4)22-32-15-13-17-35(25-32)53-8)23-28(3)20-27(2)14-12-16-34(52-7)24-31(6)42(50,51)39(46)40(47)43-19-11-10-18-36(43)41(48)49/h22-23,27,30-37,44,50-51H,9-21,24-26H2,1-8H3,(H,48,49). The molecule has 0 aromatic carbocycles. The Morgan fingerprint density at radius 3 is 2.25 bits per heavy atom. The van der Waals surface area contributed by atoms with Crippen LogP contribution in [0.1, 0.15) is 138 Å². The van der Waals surface area contributed by atoms with Crippen LogP contribution in [0.25, 0.3) is 0 Å². The molecule has 1 saturated heterocycles. The van der Waals surface area contributed by atoms with E-state index in [0.717, 1.165) is 49.0 Å². The average Bonchev–Trinajstić information content (AvgIpc) is 3.12. The van der Waals surface area contributed by atoms with Gasteiger partial charge >= 0.3 is 5.97 Å². The Morgan fingerprint density at radius 2 is 1.62 bits per heavy atom. The number of carboxylic acid groups (broad SMARTS) is 1. The minimum Gasteiger partial charge on any atom is -0.480 e. The van der Waals surface area contributed by atoms with Gasteiger partial charge in [0, 0.05) is 39.0 Å². The van der Waals surface area contributed by atoms with Gasteiger partial charge < -0.3 is 34.8 Å². The van der Waals surface area contributed by atoms with Crippen molar-refractivity contribution in [2.75, 3.05) is 20.8 Å². The summed E-state index contributed by atoms with van der Waals surface area (Å²) in [6, 6.07) is -1.16. The van der Waals surface area contributed by atoms with Crippen molar-refractivity contribution in [1.82, 2.24) is 4.90 Å². The number of Topliss-reactive ketones (excluding diaryl/α,β-unsaturated/α-hetero) is 2. The van der Waals surface area contributed by atoms with Crippen LogP contribution in [0.2, 0.25) is 0 Å². The highest BCUT2D eigenvalue weighted by atomic mass is 16.5. The average molecular weight is 750 g/mol. The molecule has 1 saturated carbocycles. The Bertz CT molecular complexity index is 1240. The number of methoxy groups -OCH3 is 2. The molecule has 9 atom stereocenters. The fraction of sp³-hybridized carbons (Fsp3) is 0.810. The van der Waals surface area contributed by atoms with Crippen LogP contribution >= 0.6 is 0 Å². The lowest BCUT2D eigenvalue weighted by molar-refractivity contribution is -0.208. The van der Waals surface area contributed by atoms with E-state index < -0.39 is 41.5 Å². The predicted molar refractivity (Wildman–Crippen MR) is 205 cm³/mol. The molecule has 0 spiro atoms. The zero-order valence-electron chi connectivity index (χ0n) is 33.9. The molecule has 304 valence electrons. The van der Waals surface area contributed by atoms with Gasteiger partial charge in [-0.3, -0.25) is 14.4 Å². The summed E-state index contributed by atoms with van der Waals surface area (Å²) >= 11 is 0. The number of likely N-dealkylation sites (tertiary alicyclic amines) is 1. The predicted octanol–water partition coefficient (Wildman–Crippen LogP) is 6.41. The van der Waals surface area contributed by atoms with Gasteiger partial charge in [0.2, 0.25) is 5.79 Å². The molecule has 0 aromatic heterocycles. The Balaban J connectivity index is 1.83. The van der Waals surface area contributed by atoms with Crippen molar-refractivity contribution >= 4 is 23.4 Å². The van der Waals surface area contributed by atoms with Crippen molar-refractivity contribution in [3.8, 4) is 0 Å². The zero-order valence-corrected chi connectivity index (χ0v) is 33.9. The number of ketones is 2. The molecule has 53 heavy (non-hydrogen) atoms. The number of aliphatic carboxylic acids is 1. The number of amides is 1. The fourth-order valence-corrected chi connectivity index (χ4v) is 8.25. The van der Waals surface area contributed by atoms with Crippen LogP contribution in [0, 0.1) is 29.6 Å². The molecule has 2 fully saturated rings. The lowest BCUT2D eigenvalue weighted by Gasteiger charge is -2.35. The first-order chi connectivity index (χ1) is 24.9. The van der Waals surface area contributed by atoms with Gasteiger partial charge in [0.25, 0.3) is 11.7 Å². The van der Waals surface area contributed by atoms with Crippen molar-refractivity contribution in [1.29, 1.82) is 0 Å². The van der Waals surface area contributed by atoms with Gasteiger partial charge in [-0.2, -0.15) is 0 Å². The normalized spacial score (nSPS) is 23.8. The number of hydrogen-bond acceptors (Lipinski definition) is 9. The fourth-order valence-electron chi connectivity index (χ4n) is 8.25. The second-order valence-corrected chi connectivity index (χ2v) is 16.4. The molecule has 0 aromatic rings. The summed E-state index contributed by atoms with van der Waals surface area (Å²) in [5.74, 6) is -7.18. The summed E-state index contributed by atoms with van der Waals surface area (Å²) in [7, 11) is 3.30. The van der Waals surface area contributed by atoms with Crippen molar-refractivity contribution in [2.24, 2.45) is 29.6 Å². The zero-order chi connectivity index (χ0) is 39.9. The first kappa shape index (κ1) is 46.7. The molecule has 4 N–H and O–H groups in total. The Kier molecular flexibility index (Phi) is 20.1. The number of rotatable bonds is 23. The number of carbonyl (C=O) groups is 4. The Labute approximate surface area is 318 Å². The molecule has 9 unspecified atom stereocenters. The third-order valence-electron chi connectivity index (χ3n) is 11.7. The van der Waals surface area contributed by atoms with Gasteiger partial charge in [0.05, 0.1) is 18.3 Å². The van der Waals surface area contributed by atoms with E-state index in [1.807, 2.05) is 20.8 Å². The highest BCUT2D eigenvalue weighted by Crippen LogP contribution is 2.31. The number of aliphatic hydroxyl groups excluding tert-OH is 1. The molecule has 11 nitrogen and oxygen atoms in total. The minimum atomic E-state index is -2.95. The van der Waals surface area contributed by atoms with Gasteiger partial charge in [0.15, 0.2) is 0 Å². The van der Waals surface area contributed by atoms with E-state index in [9.17, 15) is 39.6 Å². The lowest BCUT2D eigenvalue weighted by atomic mass is 9.84. The van der Waals surface area contributed by atoms with Gasteiger partial charge in [-0.15, -0.1) is 0 Å². The number of allylic oxidation sites excluding steroid dienone is 4. The maximum Gasteiger partial charge on any atom is 0.326 e. The van der Waals surface area contributed by atoms with E-state index in [1.54, 1.807) is 7.11 Å². The first-order valence-electron chi connectivity index (χ1n) is 20.1. The lowest BCUT2D eigenvalue weighted by Crippen LogP contribution is -2.57. The van der Waals surface area contributed by atoms with E-state index in [0.29, 0.717) is 43.6 Å². The SMILES string of the molecule is CCC(C=C(C)CC(C)CCCC(CC(C)C(O)(O)C(=O)C(=O)N1CCCCC1C(=O)O)OC)C(=O)CC(O)C(C)CC(C)=CC1CCCC(OC)C1. The topological polar surface area (TPSA) is 171 Å². The molecule has 1 heterocycles. The van der Waals surface area contributed by atoms with Crippen molar-refractivity contribution in [2.45, 2.75) is 168 Å². The Morgan fingerprint density at radius 1 is 0.925 bits per heavy atom. The first-order valence-corrected chi connectivity index (χ1v) is 20.1. The number of piperidine rings is 1. The molecule has 2 rings (SSSR count). The molecular weight excluding hydrogens is 678 g/mol. The number of nitrogens with zero attached hydrogens (tertiary/aromatic N) is 1. The molecule has 0 bridgehead atoms. The van der Waals surface area contributed by atoms with Crippen LogP contribution in [0.5, 0.6) is 0 Å². The van der Waals surface area contributed by atoms with Crippen molar-refractivity contribution in [3.63, 3.8) is 0 Å². The van der Waals surface area contributed by atoms with Gasteiger partial charge in [-0.25, -0.2) is 4.79 Å². The second kappa shape index (κ2) is 22.8. The highest BCUT2D eigenvalue weighted by Gasteiger charge is 2.47. The molecule has 2 aliphatic rings. The number of carbonyl (C=O) groups excluding carboxylic acids is 3. The van der Waals surface area contributed by atoms with Crippen LogP contribution in [-0.4, -0.2) is 99.7 Å². The van der Waals surface area contributed by atoms with Crippen molar-refractivity contribution < 1.29 is 49.1 Å². The molecular formula is C42H71NO10. The molecule has 1 aliphatic carbocycles. The maximum atomic E-state index is 13.3. The summed E-state index contributed by atoms with van der Waals surface area (Å²) in [6.45, 7) is 11.9. The summed E-state index contributed by atoms with van der Waals surface area (Å²) in [5.41, 5.74) is 2.39. The number of ether oxygens (including phenoxy) is 2. The van der Waals surface area contributed by atoms with Crippen LogP contribution in [0.4, 0.5) is 0 Å². The van der Waals surface area contributed by atoms with Crippen LogP contribution in [0.15, 0.2) is 23.3 Å². The smallest absolute Gasteiger partial charge is 0.326 e. The van der Waals surface area contributed by atoms with Crippen LogP contribution in [0.3, 0.4) is 0 Å². The highest BCUT2D eigenvalue weighted by molar-refractivity contribution is 6.39. The summed E-state index contributed by atoms with van der Waals surface area (Å²) in [6.07, 6.45) is 14.3. The van der Waals surface area contributed by atoms with Gasteiger partial charge in [-0.05, 0) is 102 Å².